The summed E-state index contributed by atoms with van der Waals surface area (Å²) in [5, 5.41) is 1.31. The van der Waals surface area contributed by atoms with Crippen LogP contribution >= 0.6 is 11.8 Å². The molecule has 96 valence electrons. The molecule has 0 bridgehead atoms. The number of nitrogen functional groups attached to an aromatic ring is 1. The van der Waals surface area contributed by atoms with E-state index in [2.05, 4.69) is 20.4 Å². The van der Waals surface area contributed by atoms with Crippen LogP contribution in [0, 0.1) is 6.92 Å². The third kappa shape index (κ3) is 2.25. The maximum absolute atomic E-state index is 5.64. The van der Waals surface area contributed by atoms with Gasteiger partial charge in [-0.05, 0) is 30.8 Å². The number of para-hydroxylation sites is 2. The number of aromatic nitrogens is 3. The molecule has 2 aromatic heterocycles. The molecule has 2 heterocycles. The lowest BCUT2D eigenvalue weighted by atomic mass is 10.3. The number of nitrogens with two attached hydrogens (primary N) is 1. The molecule has 1 aromatic carbocycles. The van der Waals surface area contributed by atoms with E-state index >= 15 is 0 Å². The SMILES string of the molecule is Cc1c(NN)ncnc1Sc1nc2ccccc2o1. The first kappa shape index (κ1) is 11.9. The number of nitrogens with one attached hydrogen (secondary N) is 1. The molecule has 0 unspecified atom stereocenters. The summed E-state index contributed by atoms with van der Waals surface area (Å²) in [6.45, 7) is 1.89. The molecule has 3 rings (SSSR count). The second-order valence-electron chi connectivity index (χ2n) is 3.85. The molecule has 6 nitrogen and oxygen atoms in total. The molecule has 3 aromatic rings. The van der Waals surface area contributed by atoms with E-state index in [1.165, 1.54) is 18.1 Å². The minimum Gasteiger partial charge on any atom is -0.431 e. The Bertz CT molecular complexity index is 694. The molecule has 0 amide bonds. The van der Waals surface area contributed by atoms with E-state index in [-0.39, 0.29) is 0 Å². The van der Waals surface area contributed by atoms with Crippen molar-refractivity contribution >= 4 is 28.7 Å². The van der Waals surface area contributed by atoms with Gasteiger partial charge in [0.2, 0.25) is 0 Å². The Hall–Kier alpha value is -2.12. The van der Waals surface area contributed by atoms with Crippen molar-refractivity contribution in [3.8, 4) is 0 Å². The summed E-state index contributed by atoms with van der Waals surface area (Å²) in [6, 6.07) is 7.62. The zero-order valence-corrected chi connectivity index (χ0v) is 10.9. The maximum Gasteiger partial charge on any atom is 0.263 e. The average molecular weight is 273 g/mol. The Balaban J connectivity index is 1.96. The van der Waals surface area contributed by atoms with Crippen LogP contribution in [0.1, 0.15) is 5.56 Å². The van der Waals surface area contributed by atoms with Crippen molar-refractivity contribution in [2.75, 3.05) is 5.43 Å². The highest BCUT2D eigenvalue weighted by molar-refractivity contribution is 7.99. The highest BCUT2D eigenvalue weighted by Crippen LogP contribution is 2.31. The molecule has 3 N–H and O–H groups in total. The molecular formula is C12H11N5OS. The van der Waals surface area contributed by atoms with Crippen LogP contribution in [0.15, 0.2) is 45.3 Å². The van der Waals surface area contributed by atoms with Crippen LogP contribution in [0.5, 0.6) is 0 Å². The predicted octanol–water partition coefficient (Wildman–Crippen LogP) is 2.36. The summed E-state index contributed by atoms with van der Waals surface area (Å²) in [4.78, 5) is 12.6. The lowest BCUT2D eigenvalue weighted by molar-refractivity contribution is 0.489. The standard InChI is InChI=1S/C12H11N5OS/c1-7-10(17-13)14-6-15-11(7)19-12-16-8-4-2-3-5-9(8)18-12/h2-6H,13H2,1H3,(H,14,15,17). The summed E-state index contributed by atoms with van der Waals surface area (Å²) in [5.74, 6) is 5.98. The van der Waals surface area contributed by atoms with Crippen LogP contribution in [0.4, 0.5) is 5.82 Å². The summed E-state index contributed by atoms with van der Waals surface area (Å²) in [6.07, 6.45) is 1.45. The number of benzene rings is 1. The van der Waals surface area contributed by atoms with Crippen LogP contribution < -0.4 is 11.3 Å². The zero-order chi connectivity index (χ0) is 13.2. The monoisotopic (exact) mass is 273 g/mol. The summed E-state index contributed by atoms with van der Waals surface area (Å²) in [5.41, 5.74) is 4.98. The largest absolute Gasteiger partial charge is 0.431 e. The van der Waals surface area contributed by atoms with E-state index in [4.69, 9.17) is 10.3 Å². The molecular weight excluding hydrogens is 262 g/mol. The van der Waals surface area contributed by atoms with Gasteiger partial charge in [-0.3, -0.25) is 0 Å². The van der Waals surface area contributed by atoms with E-state index in [1.54, 1.807) is 0 Å². The fraction of sp³-hybridized carbons (Fsp3) is 0.0833. The van der Waals surface area contributed by atoms with E-state index in [9.17, 15) is 0 Å². The second-order valence-corrected chi connectivity index (χ2v) is 4.79. The van der Waals surface area contributed by atoms with Gasteiger partial charge in [0.25, 0.3) is 5.22 Å². The molecule has 0 aliphatic rings. The smallest absolute Gasteiger partial charge is 0.263 e. The van der Waals surface area contributed by atoms with Crippen LogP contribution in [-0.2, 0) is 0 Å². The Morgan fingerprint density at radius 1 is 1.26 bits per heavy atom. The maximum atomic E-state index is 5.64. The number of hydrogen-bond donors (Lipinski definition) is 2. The Morgan fingerprint density at radius 2 is 2.11 bits per heavy atom. The van der Waals surface area contributed by atoms with Crippen molar-refractivity contribution < 1.29 is 4.42 Å². The minimum absolute atomic E-state index is 0.547. The third-order valence-electron chi connectivity index (χ3n) is 2.63. The van der Waals surface area contributed by atoms with Crippen molar-refractivity contribution in [1.29, 1.82) is 0 Å². The summed E-state index contributed by atoms with van der Waals surface area (Å²) in [7, 11) is 0. The molecule has 7 heteroatoms. The van der Waals surface area contributed by atoms with Gasteiger partial charge in [0, 0.05) is 5.56 Å². The first-order valence-corrected chi connectivity index (χ1v) is 6.41. The van der Waals surface area contributed by atoms with Gasteiger partial charge in [-0.2, -0.15) is 0 Å². The first-order valence-electron chi connectivity index (χ1n) is 5.59. The molecule has 0 saturated heterocycles. The molecule has 0 aliphatic heterocycles. The Kier molecular flexibility index (Phi) is 3.06. The quantitative estimate of drug-likeness (QED) is 0.430. The van der Waals surface area contributed by atoms with Crippen molar-refractivity contribution in [1.82, 2.24) is 15.0 Å². The molecule has 0 fully saturated rings. The number of hydrazine groups is 1. The summed E-state index contributed by atoms with van der Waals surface area (Å²) < 4.78 is 5.64. The van der Waals surface area contributed by atoms with E-state index in [0.29, 0.717) is 11.0 Å². The number of anilines is 1. The van der Waals surface area contributed by atoms with Gasteiger partial charge in [-0.25, -0.2) is 20.8 Å². The van der Waals surface area contributed by atoms with E-state index in [0.717, 1.165) is 21.7 Å². The number of rotatable bonds is 3. The molecule has 0 radical (unpaired) electrons. The lowest BCUT2D eigenvalue weighted by Crippen LogP contribution is -2.10. The van der Waals surface area contributed by atoms with Crippen LogP contribution in [-0.4, -0.2) is 15.0 Å². The van der Waals surface area contributed by atoms with Gasteiger partial charge in [0.1, 0.15) is 22.7 Å². The Morgan fingerprint density at radius 3 is 2.89 bits per heavy atom. The highest BCUT2D eigenvalue weighted by atomic mass is 32.2. The third-order valence-corrected chi connectivity index (χ3v) is 3.59. The summed E-state index contributed by atoms with van der Waals surface area (Å²) >= 11 is 1.35. The van der Waals surface area contributed by atoms with Crippen LogP contribution in [0.3, 0.4) is 0 Å². The molecule has 0 atom stereocenters. The predicted molar refractivity (Wildman–Crippen MR) is 72.7 cm³/mol. The van der Waals surface area contributed by atoms with Gasteiger partial charge in [0.15, 0.2) is 5.58 Å². The van der Waals surface area contributed by atoms with Gasteiger partial charge in [0.05, 0.1) is 0 Å². The van der Waals surface area contributed by atoms with Gasteiger partial charge in [-0.1, -0.05) is 12.1 Å². The Labute approximate surface area is 113 Å². The number of oxazole rings is 1. The van der Waals surface area contributed by atoms with E-state index in [1.807, 2.05) is 31.2 Å². The second kappa shape index (κ2) is 4.87. The zero-order valence-electron chi connectivity index (χ0n) is 10.1. The lowest BCUT2D eigenvalue weighted by Gasteiger charge is -2.05. The minimum atomic E-state index is 0.547. The normalized spacial score (nSPS) is 10.8. The fourth-order valence-corrected chi connectivity index (χ4v) is 2.45. The topological polar surface area (TPSA) is 89.9 Å². The highest BCUT2D eigenvalue weighted by Gasteiger charge is 2.12. The van der Waals surface area contributed by atoms with Crippen LogP contribution in [0.25, 0.3) is 11.1 Å². The first-order chi connectivity index (χ1) is 9.28. The molecule has 0 aliphatic carbocycles. The van der Waals surface area contributed by atoms with Gasteiger partial charge in [-0.15, -0.1) is 0 Å². The van der Waals surface area contributed by atoms with Crippen molar-refractivity contribution in [2.45, 2.75) is 17.2 Å². The average Bonchev–Trinajstić information content (AvgIpc) is 2.83. The number of hydrogen-bond acceptors (Lipinski definition) is 7. The fourth-order valence-electron chi connectivity index (χ4n) is 1.66. The van der Waals surface area contributed by atoms with Crippen molar-refractivity contribution in [2.24, 2.45) is 5.84 Å². The van der Waals surface area contributed by atoms with Crippen molar-refractivity contribution in [3.63, 3.8) is 0 Å². The van der Waals surface area contributed by atoms with Crippen molar-refractivity contribution in [3.05, 3.63) is 36.2 Å². The van der Waals surface area contributed by atoms with Gasteiger partial charge < -0.3 is 9.84 Å². The van der Waals surface area contributed by atoms with Crippen LogP contribution in [0.2, 0.25) is 0 Å². The molecule has 0 saturated carbocycles. The molecule has 19 heavy (non-hydrogen) atoms. The van der Waals surface area contributed by atoms with E-state index < -0.39 is 0 Å². The molecule has 0 spiro atoms. The number of fused-ring (bicyclic) bond motifs is 1. The van der Waals surface area contributed by atoms with Gasteiger partial charge >= 0.3 is 0 Å². The number of nitrogens with zero attached hydrogens (tertiary/aromatic N) is 3.